The quantitative estimate of drug-likeness (QED) is 0.141. The molecule has 0 unspecified atom stereocenters. The van der Waals surface area contributed by atoms with Crippen molar-refractivity contribution in [2.45, 2.75) is 45.6 Å². The first kappa shape index (κ1) is 30.7. The number of hydrogen-bond donors (Lipinski definition) is 2. The summed E-state index contributed by atoms with van der Waals surface area (Å²) in [6.07, 6.45) is 0.782. The van der Waals surface area contributed by atoms with Gasteiger partial charge in [-0.3, -0.25) is 4.79 Å². The summed E-state index contributed by atoms with van der Waals surface area (Å²) in [5, 5.41) is 8.96. The maximum absolute atomic E-state index is 12.9. The normalized spacial score (nSPS) is 12.2. The SMILES string of the molecule is CC(C)(C)OC(=O)N[C@@H](COCc1ccccc1)C(=O)N/N=C\c1ccc(OCc2cccc3ccccc23)c(Br)c1. The minimum atomic E-state index is -1.02. The highest BCUT2D eigenvalue weighted by Gasteiger charge is 2.24. The lowest BCUT2D eigenvalue weighted by atomic mass is 10.1. The van der Waals surface area contributed by atoms with Gasteiger partial charge in [0.2, 0.25) is 0 Å². The number of rotatable bonds is 11. The van der Waals surface area contributed by atoms with Gasteiger partial charge in [-0.15, -0.1) is 0 Å². The molecule has 0 aliphatic carbocycles. The van der Waals surface area contributed by atoms with Crippen molar-refractivity contribution in [1.82, 2.24) is 10.7 Å². The molecule has 218 valence electrons. The minimum absolute atomic E-state index is 0.0657. The van der Waals surface area contributed by atoms with E-state index in [9.17, 15) is 9.59 Å². The van der Waals surface area contributed by atoms with Crippen LogP contribution in [0.5, 0.6) is 5.75 Å². The predicted octanol–water partition coefficient (Wildman–Crippen LogP) is 6.74. The minimum Gasteiger partial charge on any atom is -0.488 e. The summed E-state index contributed by atoms with van der Waals surface area (Å²) in [7, 11) is 0. The smallest absolute Gasteiger partial charge is 0.408 e. The number of nitrogens with one attached hydrogen (secondary N) is 2. The molecule has 0 spiro atoms. The fourth-order valence-corrected chi connectivity index (χ4v) is 4.55. The average Bonchev–Trinajstić information content (AvgIpc) is 2.96. The maximum Gasteiger partial charge on any atom is 0.408 e. The highest BCUT2D eigenvalue weighted by atomic mass is 79.9. The number of fused-ring (bicyclic) bond motifs is 1. The molecule has 1 atom stereocenters. The van der Waals surface area contributed by atoms with E-state index in [2.05, 4.69) is 56.0 Å². The highest BCUT2D eigenvalue weighted by molar-refractivity contribution is 9.10. The van der Waals surface area contributed by atoms with Crippen LogP contribution < -0.4 is 15.5 Å². The van der Waals surface area contributed by atoms with Gasteiger partial charge in [0.25, 0.3) is 5.91 Å². The Balaban J connectivity index is 1.34. The van der Waals surface area contributed by atoms with E-state index in [1.165, 1.54) is 6.21 Å². The molecular formula is C33H34BrN3O5. The summed E-state index contributed by atoms with van der Waals surface area (Å²) in [5.41, 5.74) is 4.54. The molecule has 0 heterocycles. The van der Waals surface area contributed by atoms with Crippen molar-refractivity contribution in [3.05, 3.63) is 112 Å². The number of halogens is 1. The molecule has 2 amide bonds. The van der Waals surface area contributed by atoms with E-state index in [1.807, 2.05) is 66.7 Å². The molecule has 4 rings (SSSR count). The third-order valence-corrected chi connectivity index (χ3v) is 6.63. The van der Waals surface area contributed by atoms with Crippen LogP contribution in [0.3, 0.4) is 0 Å². The van der Waals surface area contributed by atoms with E-state index in [0.29, 0.717) is 12.4 Å². The summed E-state index contributed by atoms with van der Waals surface area (Å²) in [4.78, 5) is 25.3. The molecule has 8 nitrogen and oxygen atoms in total. The van der Waals surface area contributed by atoms with Gasteiger partial charge in [0.1, 0.15) is 24.0 Å². The van der Waals surface area contributed by atoms with Crippen LogP contribution in [0, 0.1) is 0 Å². The second kappa shape index (κ2) is 14.6. The molecule has 0 fully saturated rings. The van der Waals surface area contributed by atoms with Crippen molar-refractivity contribution >= 4 is 44.9 Å². The fraction of sp³-hybridized carbons (Fsp3) is 0.242. The summed E-state index contributed by atoms with van der Waals surface area (Å²) in [6, 6.07) is 28.4. The zero-order valence-electron chi connectivity index (χ0n) is 23.8. The van der Waals surface area contributed by atoms with Crippen LogP contribution in [-0.2, 0) is 27.5 Å². The van der Waals surface area contributed by atoms with Crippen LogP contribution in [-0.4, -0.2) is 36.5 Å². The number of ether oxygens (including phenoxy) is 3. The molecule has 4 aromatic carbocycles. The lowest BCUT2D eigenvalue weighted by Crippen LogP contribution is -2.49. The first-order valence-corrected chi connectivity index (χ1v) is 14.3. The summed E-state index contributed by atoms with van der Waals surface area (Å²) in [6.45, 7) is 5.88. The van der Waals surface area contributed by atoms with Crippen molar-refractivity contribution < 1.29 is 23.8 Å². The number of nitrogens with zero attached hydrogens (tertiary/aromatic N) is 1. The van der Waals surface area contributed by atoms with Crippen molar-refractivity contribution in [2.75, 3.05) is 6.61 Å². The van der Waals surface area contributed by atoms with Crippen LogP contribution in [0.15, 0.2) is 101 Å². The Labute approximate surface area is 254 Å². The molecule has 2 N–H and O–H groups in total. The molecule has 0 aliphatic heterocycles. The van der Waals surface area contributed by atoms with E-state index in [1.54, 1.807) is 20.8 Å². The number of amides is 2. The second-order valence-electron chi connectivity index (χ2n) is 10.6. The first-order valence-electron chi connectivity index (χ1n) is 13.5. The third kappa shape index (κ3) is 9.43. The number of carbonyl (C=O) groups is 2. The molecule has 0 radical (unpaired) electrons. The van der Waals surface area contributed by atoms with Crippen molar-refractivity contribution in [3.8, 4) is 5.75 Å². The van der Waals surface area contributed by atoms with Crippen molar-refractivity contribution in [2.24, 2.45) is 5.10 Å². The van der Waals surface area contributed by atoms with Crippen LogP contribution in [0.1, 0.15) is 37.5 Å². The lowest BCUT2D eigenvalue weighted by Gasteiger charge is -2.22. The second-order valence-corrected chi connectivity index (χ2v) is 11.4. The Morgan fingerprint density at radius 3 is 2.43 bits per heavy atom. The standard InChI is InChI=1S/C33H34BrN3O5/c1-33(2,3)42-32(39)36-29(22-40-20-23-10-5-4-6-11-23)31(38)37-35-19-24-16-17-30(28(34)18-24)41-21-26-14-9-13-25-12-7-8-15-27(25)26/h4-19,29H,20-22H2,1-3H3,(H,36,39)(H,37,38)/b35-19-/t29-/m0/s1. The first-order chi connectivity index (χ1) is 20.2. The van der Waals surface area contributed by atoms with Crippen molar-refractivity contribution in [3.63, 3.8) is 0 Å². The van der Waals surface area contributed by atoms with Gasteiger partial charge in [0, 0.05) is 0 Å². The van der Waals surface area contributed by atoms with Gasteiger partial charge < -0.3 is 19.5 Å². The third-order valence-electron chi connectivity index (χ3n) is 6.01. The molecule has 0 aromatic heterocycles. The monoisotopic (exact) mass is 631 g/mol. The molecule has 42 heavy (non-hydrogen) atoms. The number of benzene rings is 4. The zero-order valence-corrected chi connectivity index (χ0v) is 25.4. The van der Waals surface area contributed by atoms with E-state index >= 15 is 0 Å². The number of carbonyl (C=O) groups excluding carboxylic acids is 2. The highest BCUT2D eigenvalue weighted by Crippen LogP contribution is 2.27. The molecule has 4 aromatic rings. The number of alkyl carbamates (subject to hydrolysis) is 1. The topological polar surface area (TPSA) is 98.2 Å². The lowest BCUT2D eigenvalue weighted by molar-refractivity contribution is -0.124. The van der Waals surface area contributed by atoms with E-state index in [4.69, 9.17) is 14.2 Å². The van der Waals surface area contributed by atoms with Gasteiger partial charge in [-0.05, 0) is 82.4 Å². The van der Waals surface area contributed by atoms with Crippen LogP contribution in [0.25, 0.3) is 10.8 Å². The van der Waals surface area contributed by atoms with Crippen LogP contribution in [0.4, 0.5) is 4.79 Å². The van der Waals surface area contributed by atoms with Crippen LogP contribution in [0.2, 0.25) is 0 Å². The van der Waals surface area contributed by atoms with Crippen LogP contribution >= 0.6 is 15.9 Å². The average molecular weight is 633 g/mol. The summed E-state index contributed by atoms with van der Waals surface area (Å²) in [5.74, 6) is 0.139. The largest absolute Gasteiger partial charge is 0.488 e. The van der Waals surface area contributed by atoms with E-state index < -0.39 is 23.6 Å². The van der Waals surface area contributed by atoms with Gasteiger partial charge in [0.15, 0.2) is 0 Å². The Morgan fingerprint density at radius 1 is 0.929 bits per heavy atom. The van der Waals surface area contributed by atoms with E-state index in [-0.39, 0.29) is 13.2 Å². The Kier molecular flexibility index (Phi) is 10.7. The molecule has 0 aliphatic rings. The predicted molar refractivity (Wildman–Crippen MR) is 167 cm³/mol. The fourth-order valence-electron chi connectivity index (χ4n) is 4.04. The number of hydrogen-bond acceptors (Lipinski definition) is 6. The van der Waals surface area contributed by atoms with Crippen molar-refractivity contribution in [1.29, 1.82) is 0 Å². The van der Waals surface area contributed by atoms with Gasteiger partial charge in [-0.25, -0.2) is 10.2 Å². The molecule has 0 saturated carbocycles. The molecular weight excluding hydrogens is 598 g/mol. The maximum atomic E-state index is 12.9. The molecule has 0 saturated heterocycles. The molecule has 0 bridgehead atoms. The van der Waals surface area contributed by atoms with Gasteiger partial charge in [-0.1, -0.05) is 72.8 Å². The summed E-state index contributed by atoms with van der Waals surface area (Å²) < 4.78 is 17.8. The zero-order chi connectivity index (χ0) is 30.0. The van der Waals surface area contributed by atoms with Gasteiger partial charge >= 0.3 is 6.09 Å². The molecule has 9 heteroatoms. The Morgan fingerprint density at radius 2 is 1.67 bits per heavy atom. The van der Waals surface area contributed by atoms with Gasteiger partial charge in [-0.2, -0.15) is 5.10 Å². The van der Waals surface area contributed by atoms with Gasteiger partial charge in [0.05, 0.1) is 23.9 Å². The Hall–Kier alpha value is -4.21. The Bertz CT molecular complexity index is 1530. The number of hydrazone groups is 1. The van der Waals surface area contributed by atoms with E-state index in [0.717, 1.165) is 31.9 Å². The summed E-state index contributed by atoms with van der Waals surface area (Å²) >= 11 is 3.56.